The first-order valence-electron chi connectivity index (χ1n) is 11.6. The zero-order valence-electron chi connectivity index (χ0n) is 21.0. The molecule has 4 aromatic rings. The molecule has 9 heteroatoms. The summed E-state index contributed by atoms with van der Waals surface area (Å²) in [5, 5.41) is 5.55. The summed E-state index contributed by atoms with van der Waals surface area (Å²) in [5.41, 5.74) is 3.12. The number of carbonyl (C=O) groups is 2. The van der Waals surface area contributed by atoms with Gasteiger partial charge in [-0.2, -0.15) is 8.42 Å². The van der Waals surface area contributed by atoms with Crippen molar-refractivity contribution in [3.05, 3.63) is 113 Å². The minimum Gasteiger partial charge on any atom is -0.495 e. The van der Waals surface area contributed by atoms with Gasteiger partial charge in [-0.15, -0.1) is 0 Å². The molecule has 0 atom stereocenters. The van der Waals surface area contributed by atoms with E-state index < -0.39 is 16.0 Å². The molecule has 0 aliphatic rings. The van der Waals surface area contributed by atoms with Gasteiger partial charge in [0, 0.05) is 16.8 Å². The molecule has 0 aliphatic carbocycles. The standard InChI is InChI=1S/C29H26N2O6S/c1-19-8-9-20(2)27(18-19)38(34,35)37-24-16-12-22(13-17-24)28(32)30-23-14-10-21(11-15-23)29(33)31-25-6-4-5-7-26(25)36-3/h4-18H,1-3H3,(H,30,32)(H,31,33). The Hall–Kier alpha value is -4.63. The largest absolute Gasteiger partial charge is 0.495 e. The van der Waals surface area contributed by atoms with Gasteiger partial charge >= 0.3 is 10.1 Å². The first-order chi connectivity index (χ1) is 18.2. The van der Waals surface area contributed by atoms with Gasteiger partial charge in [0.15, 0.2) is 0 Å². The first-order valence-corrected chi connectivity index (χ1v) is 13.0. The van der Waals surface area contributed by atoms with E-state index >= 15 is 0 Å². The third-order valence-corrected chi connectivity index (χ3v) is 7.09. The smallest absolute Gasteiger partial charge is 0.339 e. The predicted octanol–water partition coefficient (Wildman–Crippen LogP) is 5.58. The highest BCUT2D eigenvalue weighted by molar-refractivity contribution is 7.87. The van der Waals surface area contributed by atoms with Crippen LogP contribution in [0.2, 0.25) is 0 Å². The Balaban J connectivity index is 1.39. The molecule has 0 unspecified atom stereocenters. The number of hydrogen-bond donors (Lipinski definition) is 2. The number of anilines is 2. The van der Waals surface area contributed by atoms with E-state index in [4.69, 9.17) is 8.92 Å². The van der Waals surface area contributed by atoms with E-state index in [1.54, 1.807) is 74.5 Å². The molecular weight excluding hydrogens is 504 g/mol. The van der Waals surface area contributed by atoms with E-state index in [0.29, 0.717) is 33.8 Å². The molecule has 0 heterocycles. The molecule has 0 radical (unpaired) electrons. The Morgan fingerprint density at radius 3 is 2.00 bits per heavy atom. The zero-order chi connectivity index (χ0) is 27.3. The van der Waals surface area contributed by atoms with Crippen LogP contribution < -0.4 is 19.6 Å². The van der Waals surface area contributed by atoms with Gasteiger partial charge in [-0.25, -0.2) is 0 Å². The maximum Gasteiger partial charge on any atom is 0.339 e. The van der Waals surface area contributed by atoms with Crippen LogP contribution in [0.15, 0.2) is 95.9 Å². The third kappa shape index (κ3) is 6.19. The number of nitrogens with one attached hydrogen (secondary N) is 2. The van der Waals surface area contributed by atoms with Crippen molar-refractivity contribution in [1.29, 1.82) is 0 Å². The van der Waals surface area contributed by atoms with Crippen molar-refractivity contribution in [2.24, 2.45) is 0 Å². The van der Waals surface area contributed by atoms with Gasteiger partial charge in [0.1, 0.15) is 16.4 Å². The summed E-state index contributed by atoms with van der Waals surface area (Å²) in [6.45, 7) is 3.50. The summed E-state index contributed by atoms with van der Waals surface area (Å²) in [4.78, 5) is 25.4. The second kappa shape index (κ2) is 11.2. The highest BCUT2D eigenvalue weighted by Crippen LogP contribution is 2.25. The van der Waals surface area contributed by atoms with Crippen molar-refractivity contribution < 1.29 is 26.9 Å². The van der Waals surface area contributed by atoms with E-state index in [9.17, 15) is 18.0 Å². The Morgan fingerprint density at radius 2 is 1.34 bits per heavy atom. The summed E-state index contributed by atoms with van der Waals surface area (Å²) in [6, 6.07) is 24.4. The van der Waals surface area contributed by atoms with Gasteiger partial charge in [0.25, 0.3) is 11.8 Å². The van der Waals surface area contributed by atoms with Crippen LogP contribution in [0.1, 0.15) is 31.8 Å². The average Bonchev–Trinajstić information content (AvgIpc) is 2.91. The van der Waals surface area contributed by atoms with Gasteiger partial charge in [0.05, 0.1) is 12.8 Å². The molecule has 2 N–H and O–H groups in total. The fraction of sp³-hybridized carbons (Fsp3) is 0.103. The first kappa shape index (κ1) is 26.4. The molecule has 0 bridgehead atoms. The quantitative estimate of drug-likeness (QED) is 0.288. The van der Waals surface area contributed by atoms with E-state index in [1.807, 2.05) is 6.07 Å². The number of carbonyl (C=O) groups excluding carboxylic acids is 2. The van der Waals surface area contributed by atoms with Crippen LogP contribution in [0.5, 0.6) is 11.5 Å². The van der Waals surface area contributed by atoms with Crippen molar-refractivity contribution in [2.45, 2.75) is 18.7 Å². The van der Waals surface area contributed by atoms with Crippen molar-refractivity contribution in [3.63, 3.8) is 0 Å². The average molecular weight is 531 g/mol. The van der Waals surface area contributed by atoms with E-state index in [2.05, 4.69) is 10.6 Å². The van der Waals surface area contributed by atoms with Crippen LogP contribution >= 0.6 is 0 Å². The Kier molecular flexibility index (Phi) is 7.78. The number of para-hydroxylation sites is 2. The normalized spacial score (nSPS) is 10.9. The van der Waals surface area contributed by atoms with Gasteiger partial charge in [0.2, 0.25) is 0 Å². The van der Waals surface area contributed by atoms with Crippen molar-refractivity contribution in [3.8, 4) is 11.5 Å². The Labute approximate surface area is 221 Å². The number of rotatable bonds is 8. The summed E-state index contributed by atoms with van der Waals surface area (Å²) in [6.07, 6.45) is 0. The topological polar surface area (TPSA) is 111 Å². The molecule has 38 heavy (non-hydrogen) atoms. The fourth-order valence-corrected chi connectivity index (χ4v) is 4.91. The third-order valence-electron chi connectivity index (χ3n) is 5.70. The Bertz CT molecular complexity index is 1580. The molecule has 2 amide bonds. The Morgan fingerprint density at radius 1 is 0.737 bits per heavy atom. The molecule has 0 saturated heterocycles. The second-order valence-electron chi connectivity index (χ2n) is 8.52. The fourth-order valence-electron chi connectivity index (χ4n) is 3.66. The van der Waals surface area contributed by atoms with E-state index in [1.165, 1.54) is 31.4 Å². The number of aryl methyl sites for hydroxylation is 2. The number of amides is 2. The minimum atomic E-state index is -4.02. The van der Waals surface area contributed by atoms with Crippen LogP contribution in [0.3, 0.4) is 0 Å². The SMILES string of the molecule is COc1ccccc1NC(=O)c1ccc(NC(=O)c2ccc(OS(=O)(=O)c3cc(C)ccc3C)cc2)cc1. The zero-order valence-corrected chi connectivity index (χ0v) is 21.8. The summed E-state index contributed by atoms with van der Waals surface area (Å²) in [5.74, 6) is -0.0872. The van der Waals surface area contributed by atoms with Crippen molar-refractivity contribution in [1.82, 2.24) is 0 Å². The highest BCUT2D eigenvalue weighted by Gasteiger charge is 2.20. The lowest BCUT2D eigenvalue weighted by Crippen LogP contribution is -2.14. The van der Waals surface area contributed by atoms with Gasteiger partial charge in [-0.1, -0.05) is 24.3 Å². The molecule has 0 fully saturated rings. The second-order valence-corrected chi connectivity index (χ2v) is 10.0. The van der Waals surface area contributed by atoms with Crippen LogP contribution in [0.4, 0.5) is 11.4 Å². The molecule has 4 rings (SSSR count). The molecule has 194 valence electrons. The summed E-state index contributed by atoms with van der Waals surface area (Å²) >= 11 is 0. The predicted molar refractivity (Wildman–Crippen MR) is 146 cm³/mol. The number of methoxy groups -OCH3 is 1. The molecular formula is C29H26N2O6S. The molecule has 0 aliphatic heterocycles. The molecule has 8 nitrogen and oxygen atoms in total. The molecule has 0 saturated carbocycles. The number of benzene rings is 4. The van der Waals surface area contributed by atoms with E-state index in [-0.39, 0.29) is 16.6 Å². The lowest BCUT2D eigenvalue weighted by molar-refractivity contribution is 0.101. The summed E-state index contributed by atoms with van der Waals surface area (Å²) < 4.78 is 35.9. The van der Waals surface area contributed by atoms with Gasteiger partial charge in [-0.05, 0) is 91.7 Å². The number of ether oxygens (including phenoxy) is 1. The molecule has 0 aromatic heterocycles. The van der Waals surface area contributed by atoms with Crippen molar-refractivity contribution in [2.75, 3.05) is 17.7 Å². The monoisotopic (exact) mass is 530 g/mol. The van der Waals surface area contributed by atoms with Crippen molar-refractivity contribution >= 4 is 33.3 Å². The van der Waals surface area contributed by atoms with E-state index in [0.717, 1.165) is 5.56 Å². The maximum absolute atomic E-state index is 12.7. The lowest BCUT2D eigenvalue weighted by atomic mass is 10.1. The van der Waals surface area contributed by atoms with Gasteiger partial charge in [-0.3, -0.25) is 9.59 Å². The molecule has 0 spiro atoms. The summed E-state index contributed by atoms with van der Waals surface area (Å²) in [7, 11) is -2.50. The molecule has 4 aromatic carbocycles. The van der Waals surface area contributed by atoms with Crippen LogP contribution in [0, 0.1) is 13.8 Å². The minimum absolute atomic E-state index is 0.0906. The highest BCUT2D eigenvalue weighted by atomic mass is 32.2. The maximum atomic E-state index is 12.7. The van der Waals surface area contributed by atoms with Gasteiger partial charge < -0.3 is 19.6 Å². The van der Waals surface area contributed by atoms with Crippen LogP contribution in [-0.2, 0) is 10.1 Å². The van der Waals surface area contributed by atoms with Crippen LogP contribution in [0.25, 0.3) is 0 Å². The van der Waals surface area contributed by atoms with Crippen LogP contribution in [-0.4, -0.2) is 27.3 Å². The number of hydrogen-bond acceptors (Lipinski definition) is 6. The lowest BCUT2D eigenvalue weighted by Gasteiger charge is -2.11.